The fraction of sp³-hybridized carbons (Fsp3) is 0.667. The number of guanidine groups is 1. The molecule has 12 atom stereocenters. The Bertz CT molecular complexity index is 3150. The lowest BCUT2D eigenvalue weighted by molar-refractivity contribution is -0.139. The van der Waals surface area contributed by atoms with Gasteiger partial charge in [0.2, 0.25) is 88.6 Å². The zero-order chi connectivity index (χ0) is 79.8. The lowest BCUT2D eigenvalue weighted by Gasteiger charge is -2.31. The Kier molecular flexibility index (Phi) is 42.4. The highest BCUT2D eigenvalue weighted by atomic mass is 16.4. The summed E-state index contributed by atoms with van der Waals surface area (Å²) in [5.74, 6) is -16.9. The average molecular weight is 1500 g/mol. The van der Waals surface area contributed by atoms with Crippen LogP contribution in [-0.4, -0.2) is 198 Å². The summed E-state index contributed by atoms with van der Waals surface area (Å²) in [5, 5.41) is 40.4. The molecule has 0 heterocycles. The summed E-state index contributed by atoms with van der Waals surface area (Å²) in [6.45, 7) is 10.4. The van der Waals surface area contributed by atoms with Crippen LogP contribution >= 0.6 is 0 Å². The van der Waals surface area contributed by atoms with E-state index in [1.807, 2.05) is 0 Å². The molecule has 2 rings (SSSR count). The highest BCUT2D eigenvalue weighted by molar-refractivity contribution is 6.00. The summed E-state index contributed by atoms with van der Waals surface area (Å²) < 4.78 is 0. The molecule has 0 unspecified atom stereocenters. The van der Waals surface area contributed by atoms with E-state index in [1.165, 1.54) is 6.92 Å². The predicted octanol–water partition coefficient (Wildman–Crippen LogP) is -4.56. The van der Waals surface area contributed by atoms with E-state index in [0.29, 0.717) is 18.4 Å². The third kappa shape index (κ3) is 35.6. The highest BCUT2D eigenvalue weighted by Gasteiger charge is 2.39. The number of hydrogen-bond acceptors (Lipinski definition) is 19. The van der Waals surface area contributed by atoms with Gasteiger partial charge in [-0.2, -0.15) is 0 Å². The fourth-order valence-electron chi connectivity index (χ4n) is 11.6. The van der Waals surface area contributed by atoms with Crippen LogP contribution in [0.25, 0.3) is 0 Å². The minimum atomic E-state index is -1.78. The van der Waals surface area contributed by atoms with E-state index in [9.17, 15) is 81.8 Å². The molecule has 15 amide bonds. The topological polar surface area (TPSA) is 632 Å². The third-order valence-corrected chi connectivity index (χ3v) is 17.8. The van der Waals surface area contributed by atoms with E-state index in [1.54, 1.807) is 71.9 Å². The van der Waals surface area contributed by atoms with Gasteiger partial charge in [0.15, 0.2) is 5.96 Å². The van der Waals surface area contributed by atoms with E-state index >= 15 is 0 Å². The molecule has 0 aliphatic heterocycles. The van der Waals surface area contributed by atoms with Crippen LogP contribution in [-0.2, 0) is 83.1 Å². The Morgan fingerprint density at radius 1 is 0.472 bits per heavy atom. The zero-order valence-corrected chi connectivity index (χ0v) is 62.0. The Hall–Kier alpha value is -10.1. The van der Waals surface area contributed by atoms with Crippen LogP contribution in [0.4, 0.5) is 0 Å². The number of rotatable bonds is 51. The third-order valence-electron chi connectivity index (χ3n) is 17.8. The molecule has 37 nitrogen and oxygen atoms in total. The van der Waals surface area contributed by atoms with Crippen LogP contribution in [0.3, 0.4) is 0 Å². The molecule has 106 heavy (non-hydrogen) atoms. The molecule has 1 aliphatic rings. The van der Waals surface area contributed by atoms with Crippen molar-refractivity contribution in [1.29, 1.82) is 0 Å². The highest BCUT2D eigenvalue weighted by Crippen LogP contribution is 2.28. The Morgan fingerprint density at radius 2 is 0.925 bits per heavy atom. The number of hydrogen-bond donors (Lipinski definition) is 20. The van der Waals surface area contributed by atoms with Crippen LogP contribution in [0, 0.1) is 23.7 Å². The van der Waals surface area contributed by atoms with Crippen molar-refractivity contribution < 1.29 is 81.8 Å². The number of carbonyl (C=O) groups is 16. The van der Waals surface area contributed by atoms with Crippen molar-refractivity contribution in [2.24, 2.45) is 68.8 Å². The first-order valence-corrected chi connectivity index (χ1v) is 36.2. The molecule has 1 aliphatic carbocycles. The zero-order valence-electron chi connectivity index (χ0n) is 62.0. The second-order valence-electron chi connectivity index (χ2n) is 27.4. The maximum atomic E-state index is 14.4. The summed E-state index contributed by atoms with van der Waals surface area (Å²) in [5.41, 5.74) is 39.4. The first kappa shape index (κ1) is 92.0. The van der Waals surface area contributed by atoms with Crippen molar-refractivity contribution in [3.63, 3.8) is 0 Å². The van der Waals surface area contributed by atoms with Gasteiger partial charge in [-0.15, -0.1) is 0 Å². The number of nitrogens with two attached hydrogens (primary N) is 7. The molecule has 1 aromatic rings. The Morgan fingerprint density at radius 3 is 1.44 bits per heavy atom. The molecule has 1 aromatic carbocycles. The quantitative estimate of drug-likeness (QED) is 0.0166. The number of primary amides is 3. The number of nitrogens with zero attached hydrogens (tertiary/aromatic N) is 1. The van der Waals surface area contributed by atoms with Crippen LogP contribution in [0.2, 0.25) is 0 Å². The van der Waals surface area contributed by atoms with Gasteiger partial charge < -0.3 is 109 Å². The molecule has 0 saturated heterocycles. The average Bonchev–Trinajstić information content (AvgIpc) is 0.846. The number of unbranched alkanes of at least 4 members (excludes halogenated alkanes) is 1. The maximum Gasteiger partial charge on any atom is 0.303 e. The summed E-state index contributed by atoms with van der Waals surface area (Å²) >= 11 is 0. The van der Waals surface area contributed by atoms with Gasteiger partial charge in [0.1, 0.15) is 66.5 Å². The van der Waals surface area contributed by atoms with Crippen LogP contribution in [0.1, 0.15) is 176 Å². The molecule has 594 valence electrons. The minimum Gasteiger partial charge on any atom is -0.481 e. The van der Waals surface area contributed by atoms with E-state index < -0.39 is 205 Å². The monoisotopic (exact) mass is 1500 g/mol. The van der Waals surface area contributed by atoms with Crippen LogP contribution in [0.15, 0.2) is 35.3 Å². The smallest absolute Gasteiger partial charge is 0.303 e. The van der Waals surface area contributed by atoms with Crippen molar-refractivity contribution in [2.75, 3.05) is 26.2 Å². The molecule has 1 fully saturated rings. The molecule has 0 spiro atoms. The number of benzene rings is 1. The SMILES string of the molecule is CC[C@H](C)[C@H](NC(=O)[C@H](CCC(=O)O)NC(=O)[C@H](CCCCN)NC(=O)CNC(=O)[C@H](CC(N)=O)NC(=O)[C@@H](NC(=O)[C@H](CCCN)NC(=O)[C@@H](NC(=O)[C@H](CC1CCCCC1)NC(=O)[C@H](CCCN=C(N)N)NC(C)=O)C(C)C)C(C)C)C(=O)N[C@@H](Cc1ccccc1)C(=O)N[C@@H](CCC(N)=O)C(N)=O. The summed E-state index contributed by atoms with van der Waals surface area (Å²) in [6.07, 6.45) is 3.11. The van der Waals surface area contributed by atoms with Gasteiger partial charge in [-0.25, -0.2) is 0 Å². The predicted molar refractivity (Wildman–Crippen MR) is 390 cm³/mol. The molecule has 37 heteroatoms. The minimum absolute atomic E-state index is 0.0445. The molecule has 0 radical (unpaired) electrons. The normalized spacial score (nSPS) is 15.5. The second-order valence-corrected chi connectivity index (χ2v) is 27.4. The molecule has 0 bridgehead atoms. The summed E-state index contributed by atoms with van der Waals surface area (Å²) in [4.78, 5) is 220. The number of aliphatic carboxylic acids is 1. The first-order valence-electron chi connectivity index (χ1n) is 36.2. The second kappa shape index (κ2) is 48.9. The van der Waals surface area contributed by atoms with E-state index in [-0.39, 0.29) is 95.7 Å². The van der Waals surface area contributed by atoms with Crippen LogP contribution < -0.4 is 104 Å². The van der Waals surface area contributed by atoms with E-state index in [2.05, 4.69) is 68.8 Å². The molecule has 27 N–H and O–H groups in total. The lowest BCUT2D eigenvalue weighted by Crippen LogP contribution is -2.61. The van der Waals surface area contributed by atoms with Gasteiger partial charge in [-0.1, -0.05) is 110 Å². The van der Waals surface area contributed by atoms with E-state index in [0.717, 1.165) is 32.1 Å². The number of carboxylic acids is 1. The molecular weight excluding hydrogens is 1380 g/mol. The van der Waals surface area contributed by atoms with Gasteiger partial charge >= 0.3 is 5.97 Å². The summed E-state index contributed by atoms with van der Waals surface area (Å²) in [7, 11) is 0. The Labute approximate surface area is 618 Å². The van der Waals surface area contributed by atoms with E-state index in [4.69, 9.17) is 40.1 Å². The molecular formula is C69H116N20O17. The van der Waals surface area contributed by atoms with Gasteiger partial charge in [-0.05, 0) is 107 Å². The largest absolute Gasteiger partial charge is 0.481 e. The van der Waals surface area contributed by atoms with Gasteiger partial charge in [0, 0.05) is 32.7 Å². The van der Waals surface area contributed by atoms with Crippen LogP contribution in [0.5, 0.6) is 0 Å². The first-order chi connectivity index (χ1) is 50.0. The van der Waals surface area contributed by atoms with Gasteiger partial charge in [0.05, 0.1) is 13.0 Å². The van der Waals surface area contributed by atoms with Crippen molar-refractivity contribution >= 4 is 101 Å². The van der Waals surface area contributed by atoms with Gasteiger partial charge in [-0.3, -0.25) is 81.7 Å². The number of carboxylic acid groups (broad SMARTS) is 1. The number of nitrogens with one attached hydrogen (secondary N) is 12. The molecule has 0 aromatic heterocycles. The fourth-order valence-corrected chi connectivity index (χ4v) is 11.6. The summed E-state index contributed by atoms with van der Waals surface area (Å²) in [6, 6.07) is -7.10. The number of carbonyl (C=O) groups excluding carboxylic acids is 15. The van der Waals surface area contributed by atoms with Crippen molar-refractivity contribution in [2.45, 2.75) is 243 Å². The number of amides is 15. The maximum absolute atomic E-state index is 14.4. The molecule has 1 saturated carbocycles. The Balaban J connectivity index is 2.38. The standard InChI is InChI=1S/C69H116N20O17/c1-8-39(6)57(68(106)85-48(33-41-19-11-9-12-20-41)64(102)81-43(58(74)96)26-28-51(72)91)89-63(101)47(27-29-54(94)95)82-61(99)45(23-15-16-30-70)80-53(93)36-78-59(97)50(35-52(73)92)86-67(105)56(38(4)5)87-62(100)46(24-17-31-71)83-66(104)55(37(2)3)88-65(103)49(34-42-21-13-10-14-22-42)84-60(98)44(79-40(7)90)25-18-32-77-69(75)76/h9,11-12,19-20,37-39,42-50,55-57H,8,10,13-18,21-36,70-71H2,1-7H3,(H2,72,91)(H2,73,92)(H2,74,96)(H,78,97)(H,79,90)(H,80,93)(H,81,102)(H,82,99)(H,83,104)(H,84,98)(H,85,106)(H,86,105)(H,87,100)(H,88,103)(H,89,101)(H,94,95)(H4,75,76,77)/t39-,43-,44-,45-,46-,47-,48-,49-,50-,55-,56-,57-/m0/s1. The lowest BCUT2D eigenvalue weighted by atomic mass is 9.84. The van der Waals surface area contributed by atoms with Crippen molar-refractivity contribution in [3.8, 4) is 0 Å². The van der Waals surface area contributed by atoms with Crippen molar-refractivity contribution in [3.05, 3.63) is 35.9 Å². The number of aliphatic imine (C=N–C) groups is 1. The van der Waals surface area contributed by atoms with Gasteiger partial charge in [0.25, 0.3) is 0 Å². The van der Waals surface area contributed by atoms with Crippen molar-refractivity contribution in [1.82, 2.24) is 63.8 Å².